The summed E-state index contributed by atoms with van der Waals surface area (Å²) in [5.41, 5.74) is 7.17. The number of methoxy groups -OCH3 is 1. The minimum atomic E-state index is -1.66. The summed E-state index contributed by atoms with van der Waals surface area (Å²) in [5.74, 6) is -0.470. The molecule has 0 aromatic heterocycles. The summed E-state index contributed by atoms with van der Waals surface area (Å²) in [6.07, 6.45) is -1.66. The monoisotopic (exact) mass is 473 g/mol. The van der Waals surface area contributed by atoms with Crippen molar-refractivity contribution in [1.29, 1.82) is 0 Å². The Labute approximate surface area is 194 Å². The summed E-state index contributed by atoms with van der Waals surface area (Å²) in [5, 5.41) is 2.59. The summed E-state index contributed by atoms with van der Waals surface area (Å²) >= 11 is 0. The Kier molecular flexibility index (Phi) is 16.9. The molecule has 2 amide bonds. The van der Waals surface area contributed by atoms with E-state index in [0.717, 1.165) is 10.5 Å². The van der Waals surface area contributed by atoms with Crippen LogP contribution in [0.25, 0.3) is 0 Å². The first-order valence-corrected chi connectivity index (χ1v) is 10.9. The van der Waals surface area contributed by atoms with Crippen molar-refractivity contribution in [3.05, 3.63) is 35.4 Å². The van der Waals surface area contributed by atoms with E-state index in [1.165, 1.54) is 0 Å². The van der Waals surface area contributed by atoms with Crippen LogP contribution in [0.3, 0.4) is 0 Å². The Bertz CT molecular complexity index is 649. The van der Waals surface area contributed by atoms with E-state index < -0.39 is 12.1 Å². The third-order valence-corrected chi connectivity index (χ3v) is 4.33. The number of ether oxygens (including phenoxy) is 5. The molecule has 33 heavy (non-hydrogen) atoms. The van der Waals surface area contributed by atoms with Gasteiger partial charge in [0.25, 0.3) is 0 Å². The molecule has 0 spiro atoms. The van der Waals surface area contributed by atoms with Crippen LogP contribution in [0.15, 0.2) is 24.3 Å². The lowest BCUT2D eigenvalue weighted by atomic mass is 10.1. The van der Waals surface area contributed by atoms with E-state index in [1.807, 2.05) is 0 Å². The van der Waals surface area contributed by atoms with E-state index in [1.54, 1.807) is 31.4 Å². The van der Waals surface area contributed by atoms with E-state index in [9.17, 15) is 14.0 Å². The molecule has 0 aliphatic heterocycles. The lowest BCUT2D eigenvalue weighted by molar-refractivity contribution is -0.122. The minimum Gasteiger partial charge on any atom is -0.382 e. The van der Waals surface area contributed by atoms with Crippen molar-refractivity contribution in [1.82, 2.24) is 10.2 Å². The SMILES string of the molecule is COCCOCCOCCOCCOCCNC(=O)CN(Cc1ccc(CN)cc1)C(=O)F. The van der Waals surface area contributed by atoms with Gasteiger partial charge in [0, 0.05) is 26.7 Å². The quantitative estimate of drug-likeness (QED) is 0.163. The fourth-order valence-corrected chi connectivity index (χ4v) is 2.58. The number of carbonyl (C=O) groups excluding carboxylic acids is 2. The fourth-order valence-electron chi connectivity index (χ4n) is 2.58. The second-order valence-corrected chi connectivity index (χ2v) is 6.92. The molecular weight excluding hydrogens is 437 g/mol. The van der Waals surface area contributed by atoms with Crippen molar-refractivity contribution in [2.75, 3.05) is 79.7 Å². The van der Waals surface area contributed by atoms with Crippen LogP contribution in [-0.2, 0) is 41.6 Å². The van der Waals surface area contributed by atoms with Crippen LogP contribution in [0.2, 0.25) is 0 Å². The molecule has 0 saturated carbocycles. The maximum Gasteiger partial charge on any atom is 0.400 e. The third kappa shape index (κ3) is 15.3. The average molecular weight is 474 g/mol. The molecule has 0 radical (unpaired) electrons. The molecule has 0 saturated heterocycles. The smallest absolute Gasteiger partial charge is 0.382 e. The van der Waals surface area contributed by atoms with Crippen LogP contribution in [0.4, 0.5) is 9.18 Å². The van der Waals surface area contributed by atoms with Crippen LogP contribution in [0.5, 0.6) is 0 Å². The highest BCUT2D eigenvalue weighted by molar-refractivity contribution is 5.81. The van der Waals surface area contributed by atoms with E-state index >= 15 is 0 Å². The molecule has 1 aromatic rings. The molecular formula is C22H36FN3O7. The Morgan fingerprint density at radius 1 is 0.848 bits per heavy atom. The second kappa shape index (κ2) is 19.3. The number of benzene rings is 1. The molecule has 0 unspecified atom stereocenters. The van der Waals surface area contributed by atoms with Gasteiger partial charge in [-0.1, -0.05) is 24.3 Å². The summed E-state index contributed by atoms with van der Waals surface area (Å²) in [7, 11) is 1.62. The van der Waals surface area contributed by atoms with E-state index in [4.69, 9.17) is 29.4 Å². The van der Waals surface area contributed by atoms with Crippen molar-refractivity contribution in [2.45, 2.75) is 13.1 Å². The van der Waals surface area contributed by atoms with Crippen LogP contribution in [0.1, 0.15) is 11.1 Å². The van der Waals surface area contributed by atoms with Gasteiger partial charge >= 0.3 is 6.16 Å². The van der Waals surface area contributed by atoms with Gasteiger partial charge in [-0.15, -0.1) is 4.39 Å². The molecule has 3 N–H and O–H groups in total. The molecule has 11 heteroatoms. The molecule has 10 nitrogen and oxygen atoms in total. The Balaban J connectivity index is 2.02. The largest absolute Gasteiger partial charge is 0.400 e. The third-order valence-electron chi connectivity index (χ3n) is 4.33. The Morgan fingerprint density at radius 3 is 1.82 bits per heavy atom. The van der Waals surface area contributed by atoms with Gasteiger partial charge in [0.1, 0.15) is 6.54 Å². The zero-order valence-corrected chi connectivity index (χ0v) is 19.3. The lowest BCUT2D eigenvalue weighted by Gasteiger charge is -2.18. The van der Waals surface area contributed by atoms with Crippen molar-refractivity contribution in [3.63, 3.8) is 0 Å². The van der Waals surface area contributed by atoms with Gasteiger partial charge < -0.3 is 39.6 Å². The number of halogens is 1. The Hall–Kier alpha value is -2.15. The molecule has 0 atom stereocenters. The van der Waals surface area contributed by atoms with Gasteiger partial charge in [0.15, 0.2) is 0 Å². The maximum absolute atomic E-state index is 13.3. The van der Waals surface area contributed by atoms with Gasteiger partial charge in [0.2, 0.25) is 5.91 Å². The number of hydrogen-bond donors (Lipinski definition) is 2. The summed E-state index contributed by atoms with van der Waals surface area (Å²) in [6, 6.07) is 7.09. The molecule has 0 aliphatic rings. The van der Waals surface area contributed by atoms with E-state index in [2.05, 4.69) is 5.32 Å². The number of amides is 2. The van der Waals surface area contributed by atoms with Crippen LogP contribution in [-0.4, -0.2) is 96.6 Å². The predicted molar refractivity (Wildman–Crippen MR) is 119 cm³/mol. The molecule has 0 bridgehead atoms. The molecule has 1 aromatic carbocycles. The first kappa shape index (κ1) is 28.9. The Morgan fingerprint density at radius 2 is 1.33 bits per heavy atom. The van der Waals surface area contributed by atoms with Crippen molar-refractivity contribution >= 4 is 12.1 Å². The molecule has 1 rings (SSSR count). The van der Waals surface area contributed by atoms with Gasteiger partial charge in [-0.25, -0.2) is 4.79 Å². The lowest BCUT2D eigenvalue weighted by Crippen LogP contribution is -2.39. The van der Waals surface area contributed by atoms with Crippen LogP contribution >= 0.6 is 0 Å². The highest BCUT2D eigenvalue weighted by Crippen LogP contribution is 2.08. The summed E-state index contributed by atoms with van der Waals surface area (Å²) in [4.78, 5) is 24.0. The van der Waals surface area contributed by atoms with Gasteiger partial charge in [-0.2, -0.15) is 0 Å². The number of nitrogens with two attached hydrogens (primary N) is 1. The normalized spacial score (nSPS) is 10.9. The molecule has 0 fully saturated rings. The number of hydrogen-bond acceptors (Lipinski definition) is 8. The second-order valence-electron chi connectivity index (χ2n) is 6.92. The first-order chi connectivity index (χ1) is 16.1. The van der Waals surface area contributed by atoms with Gasteiger partial charge in [-0.3, -0.25) is 4.79 Å². The number of nitrogens with one attached hydrogen (secondary N) is 1. The first-order valence-electron chi connectivity index (χ1n) is 10.9. The topological polar surface area (TPSA) is 122 Å². The minimum absolute atomic E-state index is 0.00794. The number of rotatable bonds is 20. The highest BCUT2D eigenvalue weighted by atomic mass is 19.1. The molecule has 188 valence electrons. The van der Waals surface area contributed by atoms with Crippen molar-refractivity contribution < 1.29 is 37.7 Å². The summed E-state index contributed by atoms with van der Waals surface area (Å²) in [6.45, 7) is 4.30. The predicted octanol–water partition coefficient (Wildman–Crippen LogP) is 0.866. The van der Waals surface area contributed by atoms with Crippen LogP contribution in [0, 0.1) is 0 Å². The van der Waals surface area contributed by atoms with E-state index in [-0.39, 0.29) is 26.2 Å². The fraction of sp³-hybridized carbons (Fsp3) is 0.636. The van der Waals surface area contributed by atoms with Crippen molar-refractivity contribution in [3.8, 4) is 0 Å². The van der Waals surface area contributed by atoms with Gasteiger partial charge in [-0.05, 0) is 11.1 Å². The zero-order valence-electron chi connectivity index (χ0n) is 19.3. The zero-order chi connectivity index (χ0) is 24.2. The number of nitrogens with zero attached hydrogens (tertiary/aromatic N) is 1. The molecule has 0 heterocycles. The standard InChI is InChI=1S/C22H36FN3O7/c1-29-8-9-31-12-13-33-15-14-32-11-10-30-7-6-25-21(27)18-26(22(23)28)17-20-4-2-19(16-24)3-5-20/h2-5H,6-18,24H2,1H3,(H,25,27). The number of carbonyl (C=O) groups is 2. The van der Waals surface area contributed by atoms with Crippen molar-refractivity contribution in [2.24, 2.45) is 5.73 Å². The van der Waals surface area contributed by atoms with Crippen LogP contribution < -0.4 is 11.1 Å². The highest BCUT2D eigenvalue weighted by Gasteiger charge is 2.17. The van der Waals surface area contributed by atoms with Gasteiger partial charge in [0.05, 0.1) is 59.5 Å². The summed E-state index contributed by atoms with van der Waals surface area (Å²) < 4.78 is 39.5. The maximum atomic E-state index is 13.3. The average Bonchev–Trinajstić information content (AvgIpc) is 2.81. The molecule has 0 aliphatic carbocycles. The van der Waals surface area contributed by atoms with E-state index in [0.29, 0.717) is 65.0 Å².